The minimum Gasteiger partial charge on any atom is -0.390 e. The van der Waals surface area contributed by atoms with Crippen LogP contribution in [0.25, 0.3) is 0 Å². The van der Waals surface area contributed by atoms with Crippen LogP contribution >= 0.6 is 0 Å². The standard InChI is InChI=1S/C24H32N4O2/c1-26-11-13-28(14-12-26)22-8-4-7-20(15-22)24(30)25-16-23(29)18-27-10-9-19-5-2-3-6-21(19)17-27/h2-8,15,23,29H,9-14,16-18H2,1H3,(H,25,30)/t23-/m0/s1. The van der Waals surface area contributed by atoms with Crippen LogP contribution in [0.15, 0.2) is 48.5 Å². The topological polar surface area (TPSA) is 59.1 Å². The first-order valence-electron chi connectivity index (χ1n) is 10.9. The molecule has 160 valence electrons. The van der Waals surface area contributed by atoms with Gasteiger partial charge in [-0.05, 0) is 42.8 Å². The second kappa shape index (κ2) is 9.60. The quantitative estimate of drug-likeness (QED) is 0.760. The van der Waals surface area contributed by atoms with Crippen molar-refractivity contribution in [2.24, 2.45) is 0 Å². The molecule has 0 radical (unpaired) electrons. The lowest BCUT2D eigenvalue weighted by Crippen LogP contribution is -2.44. The summed E-state index contributed by atoms with van der Waals surface area (Å²) in [5, 5.41) is 13.4. The molecule has 2 aromatic carbocycles. The Morgan fingerprint density at radius 3 is 2.60 bits per heavy atom. The van der Waals surface area contributed by atoms with Crippen molar-refractivity contribution in [1.82, 2.24) is 15.1 Å². The molecular formula is C24H32N4O2. The Balaban J connectivity index is 1.27. The highest BCUT2D eigenvalue weighted by atomic mass is 16.3. The Kier molecular flexibility index (Phi) is 6.67. The van der Waals surface area contributed by atoms with Crippen molar-refractivity contribution in [1.29, 1.82) is 0 Å². The highest BCUT2D eigenvalue weighted by molar-refractivity contribution is 5.95. The van der Waals surface area contributed by atoms with E-state index in [2.05, 4.69) is 57.4 Å². The van der Waals surface area contributed by atoms with Crippen LogP contribution in [0.2, 0.25) is 0 Å². The van der Waals surface area contributed by atoms with Gasteiger partial charge in [0, 0.05) is 63.6 Å². The van der Waals surface area contributed by atoms with Gasteiger partial charge in [0.15, 0.2) is 0 Å². The van der Waals surface area contributed by atoms with Gasteiger partial charge in [-0.15, -0.1) is 0 Å². The second-order valence-corrected chi connectivity index (χ2v) is 8.46. The van der Waals surface area contributed by atoms with E-state index in [9.17, 15) is 9.90 Å². The Hall–Kier alpha value is -2.41. The fourth-order valence-corrected chi connectivity index (χ4v) is 4.29. The average Bonchev–Trinajstić information content (AvgIpc) is 2.78. The zero-order valence-corrected chi connectivity index (χ0v) is 17.8. The number of amides is 1. The van der Waals surface area contributed by atoms with Crippen LogP contribution in [0.1, 0.15) is 21.5 Å². The van der Waals surface area contributed by atoms with Crippen molar-refractivity contribution in [2.75, 3.05) is 57.8 Å². The minimum atomic E-state index is -0.583. The number of aliphatic hydroxyl groups excluding tert-OH is 1. The molecule has 2 aromatic rings. The number of nitrogens with one attached hydrogen (secondary N) is 1. The number of fused-ring (bicyclic) bond motifs is 1. The van der Waals surface area contributed by atoms with Crippen LogP contribution in [-0.2, 0) is 13.0 Å². The summed E-state index contributed by atoms with van der Waals surface area (Å²) in [6, 6.07) is 16.3. The lowest BCUT2D eigenvalue weighted by atomic mass is 10.00. The number of hydrogen-bond donors (Lipinski definition) is 2. The van der Waals surface area contributed by atoms with Crippen molar-refractivity contribution in [3.05, 3.63) is 65.2 Å². The fraction of sp³-hybridized carbons (Fsp3) is 0.458. The molecule has 0 aromatic heterocycles. The van der Waals surface area contributed by atoms with Crippen molar-refractivity contribution >= 4 is 11.6 Å². The van der Waals surface area contributed by atoms with Crippen molar-refractivity contribution in [3.8, 4) is 0 Å². The zero-order valence-electron chi connectivity index (χ0n) is 17.8. The molecular weight excluding hydrogens is 376 g/mol. The smallest absolute Gasteiger partial charge is 0.251 e. The second-order valence-electron chi connectivity index (χ2n) is 8.46. The maximum atomic E-state index is 12.6. The number of carbonyl (C=O) groups excluding carboxylic acids is 1. The van der Waals surface area contributed by atoms with E-state index in [0.29, 0.717) is 12.1 Å². The first-order valence-corrected chi connectivity index (χ1v) is 10.9. The summed E-state index contributed by atoms with van der Waals surface area (Å²) in [6.07, 6.45) is 0.425. The molecule has 6 heteroatoms. The summed E-state index contributed by atoms with van der Waals surface area (Å²) in [5.74, 6) is -0.131. The number of rotatable bonds is 6. The molecule has 1 saturated heterocycles. The number of nitrogens with zero attached hydrogens (tertiary/aromatic N) is 3. The minimum absolute atomic E-state index is 0.131. The molecule has 30 heavy (non-hydrogen) atoms. The molecule has 4 rings (SSSR count). The Labute approximate surface area is 179 Å². The molecule has 0 spiro atoms. The summed E-state index contributed by atoms with van der Waals surface area (Å²) < 4.78 is 0. The van der Waals surface area contributed by atoms with Crippen LogP contribution in [0.5, 0.6) is 0 Å². The van der Waals surface area contributed by atoms with Crippen molar-refractivity contribution in [3.63, 3.8) is 0 Å². The Morgan fingerprint density at radius 2 is 1.80 bits per heavy atom. The molecule has 0 aliphatic carbocycles. The number of carbonyl (C=O) groups is 1. The number of piperazine rings is 1. The van der Waals surface area contributed by atoms with Crippen LogP contribution in [0.3, 0.4) is 0 Å². The molecule has 2 N–H and O–H groups in total. The lowest BCUT2D eigenvalue weighted by molar-refractivity contribution is 0.0842. The molecule has 1 atom stereocenters. The first kappa shape index (κ1) is 20.8. The molecule has 1 fully saturated rings. The molecule has 6 nitrogen and oxygen atoms in total. The van der Waals surface area contributed by atoms with Crippen LogP contribution in [0, 0.1) is 0 Å². The van der Waals surface area contributed by atoms with E-state index >= 15 is 0 Å². The monoisotopic (exact) mass is 408 g/mol. The average molecular weight is 409 g/mol. The van der Waals surface area contributed by atoms with Crippen LogP contribution in [0.4, 0.5) is 5.69 Å². The van der Waals surface area contributed by atoms with Crippen LogP contribution < -0.4 is 10.2 Å². The van der Waals surface area contributed by atoms with Gasteiger partial charge in [-0.1, -0.05) is 30.3 Å². The van der Waals surface area contributed by atoms with Gasteiger partial charge in [0.1, 0.15) is 0 Å². The molecule has 2 aliphatic heterocycles. The van der Waals surface area contributed by atoms with Gasteiger partial charge in [0.05, 0.1) is 6.10 Å². The van der Waals surface area contributed by atoms with Gasteiger partial charge < -0.3 is 20.2 Å². The molecule has 1 amide bonds. The number of β-amino-alcohol motifs (C(OH)–C–C–N with tert-alkyl or cyclic N) is 1. The predicted octanol–water partition coefficient (Wildman–Crippen LogP) is 1.59. The maximum absolute atomic E-state index is 12.6. The third-order valence-corrected chi connectivity index (χ3v) is 6.15. The van der Waals surface area contributed by atoms with E-state index < -0.39 is 6.10 Å². The van der Waals surface area contributed by atoms with Gasteiger partial charge >= 0.3 is 0 Å². The van der Waals surface area contributed by atoms with Crippen LogP contribution in [-0.4, -0.2) is 79.8 Å². The molecule has 0 bridgehead atoms. The van der Waals surface area contributed by atoms with E-state index in [1.54, 1.807) is 0 Å². The first-order chi connectivity index (χ1) is 14.6. The normalized spacial score (nSPS) is 18.7. The van der Waals surface area contributed by atoms with E-state index in [0.717, 1.165) is 51.4 Å². The third kappa shape index (κ3) is 5.19. The molecule has 2 aliphatic rings. The SMILES string of the molecule is CN1CCN(c2cccc(C(=O)NC[C@H](O)CN3CCc4ccccc4C3)c2)CC1. The maximum Gasteiger partial charge on any atom is 0.251 e. The largest absolute Gasteiger partial charge is 0.390 e. The third-order valence-electron chi connectivity index (χ3n) is 6.15. The number of hydrogen-bond acceptors (Lipinski definition) is 5. The predicted molar refractivity (Wildman–Crippen MR) is 120 cm³/mol. The molecule has 0 unspecified atom stereocenters. The lowest BCUT2D eigenvalue weighted by Gasteiger charge is -2.34. The molecule has 0 saturated carbocycles. The van der Waals surface area contributed by atoms with Crippen molar-refractivity contribution in [2.45, 2.75) is 19.1 Å². The fourth-order valence-electron chi connectivity index (χ4n) is 4.29. The van der Waals surface area contributed by atoms with Gasteiger partial charge in [-0.3, -0.25) is 9.69 Å². The van der Waals surface area contributed by atoms with E-state index in [1.165, 1.54) is 11.1 Å². The molecule has 2 heterocycles. The van der Waals surface area contributed by atoms with Crippen molar-refractivity contribution < 1.29 is 9.90 Å². The number of anilines is 1. The Morgan fingerprint density at radius 1 is 1.03 bits per heavy atom. The summed E-state index contributed by atoms with van der Waals surface area (Å²) in [4.78, 5) is 19.5. The van der Waals surface area contributed by atoms with Gasteiger partial charge in [-0.25, -0.2) is 0 Å². The summed E-state index contributed by atoms with van der Waals surface area (Å²) in [6.45, 7) is 6.63. The van der Waals surface area contributed by atoms with E-state index in [1.807, 2.05) is 18.2 Å². The number of aliphatic hydroxyl groups is 1. The number of benzene rings is 2. The van der Waals surface area contributed by atoms with Gasteiger partial charge in [0.2, 0.25) is 0 Å². The van der Waals surface area contributed by atoms with E-state index in [4.69, 9.17) is 0 Å². The van der Waals surface area contributed by atoms with E-state index in [-0.39, 0.29) is 12.5 Å². The Bertz CT molecular complexity index is 864. The number of likely N-dealkylation sites (N-methyl/N-ethyl adjacent to an activating group) is 1. The summed E-state index contributed by atoms with van der Waals surface area (Å²) >= 11 is 0. The summed E-state index contributed by atoms with van der Waals surface area (Å²) in [7, 11) is 2.13. The van der Waals surface area contributed by atoms with Gasteiger partial charge in [-0.2, -0.15) is 0 Å². The zero-order chi connectivity index (χ0) is 20.9. The van der Waals surface area contributed by atoms with Gasteiger partial charge in [0.25, 0.3) is 5.91 Å². The summed E-state index contributed by atoms with van der Waals surface area (Å²) in [5.41, 5.74) is 4.46. The highest BCUT2D eigenvalue weighted by Crippen LogP contribution is 2.19. The highest BCUT2D eigenvalue weighted by Gasteiger charge is 2.19.